The lowest BCUT2D eigenvalue weighted by Gasteiger charge is -2.27. The van der Waals surface area contributed by atoms with Crippen molar-refractivity contribution in [2.75, 3.05) is 45.5 Å². The highest BCUT2D eigenvalue weighted by molar-refractivity contribution is 5.85. The van der Waals surface area contributed by atoms with Crippen LogP contribution in [-0.2, 0) is 4.74 Å². The van der Waals surface area contributed by atoms with Crippen molar-refractivity contribution in [1.82, 2.24) is 15.5 Å². The van der Waals surface area contributed by atoms with E-state index in [1.54, 1.807) is 25.3 Å². The number of hydrogen-bond donors (Lipinski definition) is 4. The number of methoxy groups -OCH3 is 1. The van der Waals surface area contributed by atoms with E-state index < -0.39 is 11.6 Å². The van der Waals surface area contributed by atoms with Crippen molar-refractivity contribution in [3.05, 3.63) is 36.4 Å². The molecule has 11 heteroatoms. The van der Waals surface area contributed by atoms with Gasteiger partial charge in [-0.15, -0.1) is 22.6 Å². The van der Waals surface area contributed by atoms with E-state index in [1.165, 1.54) is 0 Å². The third-order valence-electron chi connectivity index (χ3n) is 4.01. The Balaban J connectivity index is 0.00000480. The molecule has 5 N–H and O–H groups in total. The topological polar surface area (TPSA) is 133 Å². The third kappa shape index (κ3) is 9.99. The van der Waals surface area contributed by atoms with E-state index in [1.807, 2.05) is 32.0 Å². The summed E-state index contributed by atoms with van der Waals surface area (Å²) in [5.74, 6) is 7.28. The van der Waals surface area contributed by atoms with Crippen LogP contribution in [0, 0.1) is 0 Å². The molecule has 0 bridgehead atoms. The largest absolute Gasteiger partial charge is 0.487 e. The van der Waals surface area contributed by atoms with Gasteiger partial charge in [-0.2, -0.15) is 0 Å². The Hall–Kier alpha value is -2.37. The van der Waals surface area contributed by atoms with Crippen molar-refractivity contribution < 1.29 is 24.1 Å². The van der Waals surface area contributed by atoms with Crippen molar-refractivity contribution in [2.24, 2.45) is 5.84 Å². The first-order valence-corrected chi connectivity index (χ1v) is 9.63. The van der Waals surface area contributed by atoms with Gasteiger partial charge in [0.25, 0.3) is 0 Å². The average molecular weight is 458 g/mol. The Morgan fingerprint density at radius 2 is 1.74 bits per heavy atom. The van der Waals surface area contributed by atoms with E-state index in [4.69, 9.17) is 24.8 Å². The number of aliphatic hydroxyl groups excluding tert-OH is 1. The third-order valence-corrected chi connectivity index (χ3v) is 4.01. The molecular formula is C20H32ClN5O5. The molecule has 1 aromatic heterocycles. The quantitative estimate of drug-likeness (QED) is 0.187. The molecule has 1 heterocycles. The summed E-state index contributed by atoms with van der Waals surface area (Å²) in [4.78, 5) is 0. The zero-order valence-electron chi connectivity index (χ0n) is 18.0. The van der Waals surface area contributed by atoms with Gasteiger partial charge in [-0.3, -0.25) is 0 Å². The molecule has 0 saturated heterocycles. The summed E-state index contributed by atoms with van der Waals surface area (Å²) in [6, 6.07) is 10.7. The fraction of sp³-hybridized carbons (Fsp3) is 0.500. The Kier molecular flexibility index (Phi) is 11.9. The number of para-hydroxylation sites is 2. The van der Waals surface area contributed by atoms with E-state index in [2.05, 4.69) is 20.9 Å². The molecule has 0 aliphatic heterocycles. The molecule has 0 amide bonds. The van der Waals surface area contributed by atoms with Crippen LogP contribution in [0.15, 0.2) is 36.4 Å². The lowest BCUT2D eigenvalue weighted by Crippen LogP contribution is -2.48. The van der Waals surface area contributed by atoms with Gasteiger partial charge >= 0.3 is 0 Å². The number of anilines is 1. The Bertz CT molecular complexity index is 751. The predicted molar refractivity (Wildman–Crippen MR) is 120 cm³/mol. The van der Waals surface area contributed by atoms with Crippen LogP contribution in [0.25, 0.3) is 0 Å². The van der Waals surface area contributed by atoms with Crippen molar-refractivity contribution in [3.63, 3.8) is 0 Å². The Morgan fingerprint density at radius 3 is 2.35 bits per heavy atom. The first-order chi connectivity index (χ1) is 14.4. The molecular weight excluding hydrogens is 426 g/mol. The van der Waals surface area contributed by atoms with Gasteiger partial charge in [0.2, 0.25) is 5.88 Å². The number of nitrogen functional groups attached to an aromatic ring is 1. The van der Waals surface area contributed by atoms with E-state index in [9.17, 15) is 5.11 Å². The maximum absolute atomic E-state index is 10.3. The summed E-state index contributed by atoms with van der Waals surface area (Å²) in [6.45, 7) is 5.60. The second-order valence-corrected chi connectivity index (χ2v) is 7.21. The molecule has 0 fully saturated rings. The molecule has 2 rings (SSSR count). The van der Waals surface area contributed by atoms with Crippen LogP contribution in [-0.4, -0.2) is 67.0 Å². The van der Waals surface area contributed by atoms with Gasteiger partial charge in [0.1, 0.15) is 25.9 Å². The molecule has 0 aliphatic carbocycles. The van der Waals surface area contributed by atoms with Crippen LogP contribution in [0.1, 0.15) is 13.8 Å². The predicted octanol–water partition coefficient (Wildman–Crippen LogP) is 1.40. The van der Waals surface area contributed by atoms with Crippen LogP contribution in [0.5, 0.6) is 17.4 Å². The Morgan fingerprint density at radius 1 is 1.03 bits per heavy atom. The van der Waals surface area contributed by atoms with Crippen molar-refractivity contribution in [2.45, 2.75) is 25.5 Å². The number of nitrogens with two attached hydrogens (primary N) is 1. The zero-order valence-corrected chi connectivity index (χ0v) is 18.9. The maximum atomic E-state index is 10.3. The minimum Gasteiger partial charge on any atom is -0.487 e. The second kappa shape index (κ2) is 13.8. The maximum Gasteiger partial charge on any atom is 0.233 e. The molecule has 0 aliphatic rings. The molecule has 31 heavy (non-hydrogen) atoms. The van der Waals surface area contributed by atoms with Gasteiger partial charge in [0.15, 0.2) is 17.3 Å². The summed E-state index contributed by atoms with van der Waals surface area (Å²) in [7, 11) is 1.62. The van der Waals surface area contributed by atoms with Crippen LogP contribution < -0.4 is 30.8 Å². The summed E-state index contributed by atoms with van der Waals surface area (Å²) in [6.07, 6.45) is -0.717. The first-order valence-electron chi connectivity index (χ1n) is 9.63. The minimum atomic E-state index is -0.717. The number of hydrogen-bond acceptors (Lipinski definition) is 10. The monoisotopic (exact) mass is 457 g/mol. The van der Waals surface area contributed by atoms with Gasteiger partial charge in [-0.05, 0) is 32.0 Å². The van der Waals surface area contributed by atoms with E-state index in [-0.39, 0.29) is 19.0 Å². The number of rotatable bonds is 14. The smallest absolute Gasteiger partial charge is 0.233 e. The highest BCUT2D eigenvalue weighted by atomic mass is 35.5. The second-order valence-electron chi connectivity index (χ2n) is 7.21. The fourth-order valence-electron chi connectivity index (χ4n) is 2.34. The van der Waals surface area contributed by atoms with Crippen molar-refractivity contribution in [1.29, 1.82) is 0 Å². The normalized spacial score (nSPS) is 11.9. The molecule has 0 radical (unpaired) electrons. The number of nitrogens with one attached hydrogen (secondary N) is 2. The average Bonchev–Trinajstić information content (AvgIpc) is 2.76. The van der Waals surface area contributed by atoms with Gasteiger partial charge in [0, 0.05) is 25.3 Å². The summed E-state index contributed by atoms with van der Waals surface area (Å²) in [5, 5.41) is 21.3. The van der Waals surface area contributed by atoms with E-state index in [0.29, 0.717) is 49.6 Å². The highest BCUT2D eigenvalue weighted by Crippen LogP contribution is 2.26. The standard InChI is InChI=1S/C20H31N5O5.ClH/c1-20(2,14-30-19-9-8-18(23-21)24-25-19)22-12-15(26)13-29-17-7-5-4-6-16(17)28-11-10-27-3;/h4-9,15,22,26H,10-14,21H2,1-3H3,(H,23,24);1H. The first kappa shape index (κ1) is 26.7. The van der Waals surface area contributed by atoms with Gasteiger partial charge < -0.3 is 34.8 Å². The van der Waals surface area contributed by atoms with E-state index in [0.717, 1.165) is 0 Å². The SMILES string of the molecule is COCCOc1ccccc1OCC(O)CNC(C)(C)COc1ccc(NN)nn1.Cl. The van der Waals surface area contributed by atoms with Crippen molar-refractivity contribution >= 4 is 18.2 Å². The molecule has 1 unspecified atom stereocenters. The molecule has 1 atom stereocenters. The molecule has 0 spiro atoms. The summed E-state index contributed by atoms with van der Waals surface area (Å²) in [5.41, 5.74) is 2.00. The number of hydrazine groups is 1. The highest BCUT2D eigenvalue weighted by Gasteiger charge is 2.20. The fourth-order valence-corrected chi connectivity index (χ4v) is 2.34. The number of nitrogens with zero attached hydrogens (tertiary/aromatic N) is 2. The van der Waals surface area contributed by atoms with Gasteiger partial charge in [0.05, 0.1) is 6.61 Å². The number of halogens is 1. The summed E-state index contributed by atoms with van der Waals surface area (Å²) >= 11 is 0. The van der Waals surface area contributed by atoms with Gasteiger partial charge in [-0.25, -0.2) is 5.84 Å². The van der Waals surface area contributed by atoms with Crippen LogP contribution >= 0.6 is 12.4 Å². The molecule has 2 aromatic rings. The van der Waals surface area contributed by atoms with E-state index >= 15 is 0 Å². The lowest BCUT2D eigenvalue weighted by atomic mass is 10.1. The van der Waals surface area contributed by atoms with Crippen LogP contribution in [0.4, 0.5) is 5.82 Å². The van der Waals surface area contributed by atoms with Gasteiger partial charge in [-0.1, -0.05) is 12.1 Å². The van der Waals surface area contributed by atoms with Crippen LogP contribution in [0.3, 0.4) is 0 Å². The number of aliphatic hydroxyl groups is 1. The number of β-amino-alcohol motifs (C(OH)–C–C–N with tert-alkyl or cyclic N) is 1. The molecule has 1 aromatic carbocycles. The Labute approximate surface area is 188 Å². The minimum absolute atomic E-state index is 0. The van der Waals surface area contributed by atoms with Crippen LogP contribution in [0.2, 0.25) is 0 Å². The summed E-state index contributed by atoms with van der Waals surface area (Å²) < 4.78 is 22.0. The zero-order chi connectivity index (χ0) is 21.8. The number of aromatic nitrogens is 2. The lowest BCUT2D eigenvalue weighted by molar-refractivity contribution is 0.0892. The number of ether oxygens (including phenoxy) is 4. The molecule has 0 saturated carbocycles. The molecule has 174 valence electrons. The van der Waals surface area contributed by atoms with Crippen molar-refractivity contribution in [3.8, 4) is 17.4 Å². The molecule has 10 nitrogen and oxygen atoms in total. The number of benzene rings is 1.